The summed E-state index contributed by atoms with van der Waals surface area (Å²) in [6, 6.07) is 29.6. The highest BCUT2D eigenvalue weighted by Crippen LogP contribution is 2.28. The van der Waals surface area contributed by atoms with E-state index < -0.39 is 14.8 Å². The van der Waals surface area contributed by atoms with Crippen LogP contribution in [-0.2, 0) is 23.1 Å². The van der Waals surface area contributed by atoms with Gasteiger partial charge in [-0.05, 0) is 90.2 Å². The Labute approximate surface area is 296 Å². The van der Waals surface area contributed by atoms with E-state index in [0.29, 0.717) is 41.5 Å². The zero-order chi connectivity index (χ0) is 36.1. The number of aromatic nitrogens is 5. The quantitative estimate of drug-likeness (QED) is 0.161. The first-order chi connectivity index (χ1) is 24.3. The van der Waals surface area contributed by atoms with E-state index in [4.69, 9.17) is 9.51 Å². The van der Waals surface area contributed by atoms with Gasteiger partial charge in [0, 0.05) is 36.8 Å². The molecule has 11 heteroatoms. The van der Waals surface area contributed by atoms with Crippen molar-refractivity contribution in [2.75, 3.05) is 4.72 Å². The summed E-state index contributed by atoms with van der Waals surface area (Å²) in [5.74, 6) is 2.00. The van der Waals surface area contributed by atoms with Gasteiger partial charge in [-0.1, -0.05) is 73.6 Å². The molecule has 0 aliphatic heterocycles. The molecule has 0 spiro atoms. The molecule has 3 heterocycles. The van der Waals surface area contributed by atoms with Crippen molar-refractivity contribution in [1.29, 1.82) is 0 Å². The maximum absolute atomic E-state index is 14.2. The molecule has 0 aliphatic rings. The normalized spacial score (nSPS) is 12.3. The Kier molecular flexibility index (Phi) is 8.62. The summed E-state index contributed by atoms with van der Waals surface area (Å²) in [7, 11) is -3.57. The van der Waals surface area contributed by atoms with Crippen LogP contribution < -0.4 is 10.3 Å². The van der Waals surface area contributed by atoms with E-state index in [2.05, 4.69) is 53.0 Å². The summed E-state index contributed by atoms with van der Waals surface area (Å²) in [5.41, 5.74) is 6.24. The number of anilines is 1. The van der Waals surface area contributed by atoms with Gasteiger partial charge in [-0.2, -0.15) is 4.98 Å². The molecule has 0 atom stereocenters. The number of hydrogen-bond donors (Lipinski definition) is 1. The van der Waals surface area contributed by atoms with Gasteiger partial charge < -0.3 is 13.7 Å². The van der Waals surface area contributed by atoms with Gasteiger partial charge in [0.1, 0.15) is 11.3 Å². The van der Waals surface area contributed by atoms with Crippen LogP contribution in [0.5, 0.6) is 0 Å². The fourth-order valence-electron chi connectivity index (χ4n) is 6.17. The van der Waals surface area contributed by atoms with Gasteiger partial charge in [-0.15, -0.1) is 0 Å². The molecule has 0 bridgehead atoms. The molecule has 4 aromatic carbocycles. The number of nitrogens with zero attached hydrogens (tertiary/aromatic N) is 5. The number of fused-ring (bicyclic) bond motifs is 2. The number of benzene rings is 4. The van der Waals surface area contributed by atoms with Crippen LogP contribution in [0.25, 0.3) is 44.3 Å². The van der Waals surface area contributed by atoms with Gasteiger partial charge in [0.05, 0.1) is 16.8 Å². The zero-order valence-corrected chi connectivity index (χ0v) is 30.3. The second-order valence-electron chi connectivity index (χ2n) is 14.2. The molecule has 10 nitrogen and oxygen atoms in total. The fraction of sp³-hybridized carbons (Fsp3) is 0.250. The third-order valence-electron chi connectivity index (χ3n) is 8.98. The number of sulfonamides is 1. The Morgan fingerprint density at radius 3 is 2.25 bits per heavy atom. The van der Waals surface area contributed by atoms with Gasteiger partial charge in [0.15, 0.2) is 0 Å². The molecule has 51 heavy (non-hydrogen) atoms. The minimum atomic E-state index is -3.57. The Hall–Kier alpha value is -5.55. The largest absolute Gasteiger partial charge is 0.339 e. The van der Waals surface area contributed by atoms with Crippen LogP contribution in [0.4, 0.5) is 5.69 Å². The van der Waals surface area contributed by atoms with Crippen molar-refractivity contribution in [3.63, 3.8) is 0 Å². The van der Waals surface area contributed by atoms with Crippen molar-refractivity contribution >= 4 is 37.5 Å². The van der Waals surface area contributed by atoms with Crippen LogP contribution in [0, 0.1) is 6.92 Å². The van der Waals surface area contributed by atoms with Crippen molar-refractivity contribution in [1.82, 2.24) is 24.3 Å². The van der Waals surface area contributed by atoms with Crippen molar-refractivity contribution in [3.05, 3.63) is 130 Å². The maximum Gasteiger partial charge on any atom is 0.277 e. The average Bonchev–Trinajstić information content (AvgIpc) is 3.69. The highest BCUT2D eigenvalue weighted by Gasteiger charge is 2.29. The van der Waals surface area contributed by atoms with Crippen LogP contribution in [0.3, 0.4) is 0 Å². The molecule has 7 aromatic rings. The molecule has 0 radical (unpaired) electrons. The van der Waals surface area contributed by atoms with Crippen molar-refractivity contribution in [2.24, 2.45) is 0 Å². The summed E-state index contributed by atoms with van der Waals surface area (Å²) in [6.45, 7) is 11.8. The van der Waals surface area contributed by atoms with Crippen LogP contribution >= 0.6 is 0 Å². The Morgan fingerprint density at radius 1 is 0.804 bits per heavy atom. The average molecular weight is 701 g/mol. The monoisotopic (exact) mass is 700 g/mol. The van der Waals surface area contributed by atoms with Gasteiger partial charge in [0.25, 0.3) is 5.56 Å². The standard InChI is InChI=1S/C40H40N6O4S/c1-25(2)38-42-35-17-18-45(23-27-9-7-10-30(19-27)31-11-8-12-34(22-31)44-51(48,49)40(4,5)6)39(47)36(35)46(38)24-28-13-14-29-15-16-32(21-33(29)20-28)37-41-26(3)50-43-37/h7-22,25,44H,23-24H2,1-6H3. The molecule has 0 fully saturated rings. The summed E-state index contributed by atoms with van der Waals surface area (Å²) >= 11 is 0. The molecule has 3 aromatic heterocycles. The molecule has 1 N–H and O–H groups in total. The molecule has 7 rings (SSSR count). The summed E-state index contributed by atoms with van der Waals surface area (Å²) < 4.78 is 36.3. The third-order valence-corrected chi connectivity index (χ3v) is 11.1. The number of rotatable bonds is 9. The Balaban J connectivity index is 1.20. The molecule has 260 valence electrons. The van der Waals surface area contributed by atoms with E-state index in [0.717, 1.165) is 44.4 Å². The van der Waals surface area contributed by atoms with E-state index >= 15 is 0 Å². The topological polar surface area (TPSA) is 125 Å². The first-order valence-corrected chi connectivity index (χ1v) is 18.4. The van der Waals surface area contributed by atoms with E-state index in [1.54, 1.807) is 44.5 Å². The lowest BCUT2D eigenvalue weighted by molar-refractivity contribution is 0.394. The van der Waals surface area contributed by atoms with Crippen LogP contribution in [-0.4, -0.2) is 37.4 Å². The van der Waals surface area contributed by atoms with Gasteiger partial charge in [-0.25, -0.2) is 13.4 Å². The zero-order valence-electron chi connectivity index (χ0n) is 29.5. The minimum absolute atomic E-state index is 0.0964. The lowest BCUT2D eigenvalue weighted by atomic mass is 10.0. The van der Waals surface area contributed by atoms with E-state index in [1.165, 1.54) is 0 Å². The Morgan fingerprint density at radius 2 is 1.53 bits per heavy atom. The number of nitrogens with one attached hydrogen (secondary N) is 1. The molecule has 0 amide bonds. The number of aryl methyl sites for hydroxylation is 1. The SMILES string of the molecule is Cc1nc(-c2ccc3ccc(Cn4c(C(C)C)nc5ccn(Cc6cccc(-c7cccc(NS(=O)(=O)C(C)(C)C)c7)c6)c(=O)c54)cc3c2)no1. The van der Waals surface area contributed by atoms with Crippen molar-refractivity contribution < 1.29 is 12.9 Å². The van der Waals surface area contributed by atoms with E-state index in [9.17, 15) is 13.2 Å². The highest BCUT2D eigenvalue weighted by atomic mass is 32.2. The van der Waals surface area contributed by atoms with E-state index in [1.807, 2.05) is 65.2 Å². The Bertz CT molecular complexity index is 2590. The van der Waals surface area contributed by atoms with Crippen LogP contribution in [0.1, 0.15) is 63.4 Å². The smallest absolute Gasteiger partial charge is 0.277 e. The predicted molar refractivity (Wildman–Crippen MR) is 202 cm³/mol. The van der Waals surface area contributed by atoms with Crippen LogP contribution in [0.15, 0.2) is 107 Å². The molecule has 0 saturated carbocycles. The lowest BCUT2D eigenvalue weighted by Crippen LogP contribution is -2.33. The second kappa shape index (κ2) is 13.0. The molecular formula is C40H40N6O4S. The highest BCUT2D eigenvalue weighted by molar-refractivity contribution is 7.94. The van der Waals surface area contributed by atoms with Gasteiger partial charge >= 0.3 is 0 Å². The maximum atomic E-state index is 14.2. The third kappa shape index (κ3) is 6.81. The number of pyridine rings is 1. The molecular weight excluding hydrogens is 661 g/mol. The van der Waals surface area contributed by atoms with Crippen LogP contribution in [0.2, 0.25) is 0 Å². The summed E-state index contributed by atoms with van der Waals surface area (Å²) in [6.07, 6.45) is 1.80. The fourth-order valence-corrected chi connectivity index (χ4v) is 6.91. The minimum Gasteiger partial charge on any atom is -0.339 e. The van der Waals surface area contributed by atoms with Crippen molar-refractivity contribution in [3.8, 4) is 22.5 Å². The molecule has 0 aliphatic carbocycles. The molecule has 0 saturated heterocycles. The summed E-state index contributed by atoms with van der Waals surface area (Å²) in [4.78, 5) is 23.5. The number of hydrogen-bond acceptors (Lipinski definition) is 7. The first-order valence-electron chi connectivity index (χ1n) is 16.9. The van der Waals surface area contributed by atoms with E-state index in [-0.39, 0.29) is 11.5 Å². The van der Waals surface area contributed by atoms with Gasteiger partial charge in [-0.3, -0.25) is 9.52 Å². The first kappa shape index (κ1) is 33.9. The second-order valence-corrected chi connectivity index (χ2v) is 16.7. The summed E-state index contributed by atoms with van der Waals surface area (Å²) in [5, 5.41) is 6.20. The van der Waals surface area contributed by atoms with Crippen molar-refractivity contribution in [2.45, 2.75) is 65.3 Å². The predicted octanol–water partition coefficient (Wildman–Crippen LogP) is 8.14. The number of imidazole rings is 1. The lowest BCUT2D eigenvalue weighted by Gasteiger charge is -2.20. The molecule has 0 unspecified atom stereocenters. The van der Waals surface area contributed by atoms with Gasteiger partial charge in [0.2, 0.25) is 21.7 Å².